The maximum Gasteiger partial charge on any atom is 0.305 e. The molecule has 132 valence electrons. The third kappa shape index (κ3) is 2.55. The van der Waals surface area contributed by atoms with Gasteiger partial charge in [0, 0.05) is 12.0 Å². The van der Waals surface area contributed by atoms with Gasteiger partial charge in [0.2, 0.25) is 0 Å². The summed E-state index contributed by atoms with van der Waals surface area (Å²) in [5.41, 5.74) is 2.29. The van der Waals surface area contributed by atoms with Crippen LogP contribution in [0.5, 0.6) is 5.75 Å². The number of nitrogens with one attached hydrogen (secondary N) is 2. The molecule has 0 bridgehead atoms. The van der Waals surface area contributed by atoms with Crippen LogP contribution in [0.2, 0.25) is 0 Å². The van der Waals surface area contributed by atoms with E-state index >= 15 is 0 Å². The van der Waals surface area contributed by atoms with Crippen LogP contribution >= 0.6 is 22.7 Å². The summed E-state index contributed by atoms with van der Waals surface area (Å²) in [7, 11) is 1.60. The highest BCUT2D eigenvalue weighted by Gasteiger charge is 2.24. The van der Waals surface area contributed by atoms with E-state index < -0.39 is 0 Å². The monoisotopic (exact) mass is 385 g/mol. The van der Waals surface area contributed by atoms with E-state index in [1.807, 2.05) is 12.1 Å². The maximum atomic E-state index is 11.6. The van der Waals surface area contributed by atoms with Crippen molar-refractivity contribution in [2.24, 2.45) is 0 Å². The first-order valence-electron chi connectivity index (χ1n) is 8.30. The summed E-state index contributed by atoms with van der Waals surface area (Å²) in [6, 6.07) is 3.71. The van der Waals surface area contributed by atoms with Crippen molar-refractivity contribution in [3.63, 3.8) is 0 Å². The molecular formula is C17H15N5O2S2. The minimum absolute atomic E-state index is 0.0896. The summed E-state index contributed by atoms with van der Waals surface area (Å²) in [6.45, 7) is 0. The van der Waals surface area contributed by atoms with Crippen molar-refractivity contribution in [3.05, 3.63) is 33.1 Å². The van der Waals surface area contributed by atoms with Gasteiger partial charge in [-0.2, -0.15) is 0 Å². The Morgan fingerprint density at radius 2 is 2.15 bits per heavy atom. The number of methoxy groups -OCH3 is 1. The van der Waals surface area contributed by atoms with Gasteiger partial charge in [0.15, 0.2) is 5.82 Å². The van der Waals surface area contributed by atoms with Gasteiger partial charge in [0.1, 0.15) is 22.4 Å². The second-order valence-corrected chi connectivity index (χ2v) is 8.27. The number of aromatic amines is 1. The van der Waals surface area contributed by atoms with Gasteiger partial charge in [0.25, 0.3) is 0 Å². The van der Waals surface area contributed by atoms with Crippen molar-refractivity contribution in [1.82, 2.24) is 19.9 Å². The molecule has 2 N–H and O–H groups in total. The van der Waals surface area contributed by atoms with Gasteiger partial charge in [-0.3, -0.25) is 4.79 Å². The lowest BCUT2D eigenvalue weighted by Crippen LogP contribution is -2.07. The van der Waals surface area contributed by atoms with Gasteiger partial charge < -0.3 is 15.0 Å². The van der Waals surface area contributed by atoms with Crippen LogP contribution in [0.15, 0.2) is 23.3 Å². The average molecular weight is 385 g/mol. The van der Waals surface area contributed by atoms with Crippen molar-refractivity contribution in [2.75, 3.05) is 12.4 Å². The third-order valence-electron chi connectivity index (χ3n) is 4.66. The Labute approximate surface area is 156 Å². The molecule has 1 saturated carbocycles. The second kappa shape index (κ2) is 6.03. The Bertz CT molecular complexity index is 1180. The minimum Gasteiger partial charge on any atom is -0.494 e. The number of hydrogen-bond acceptors (Lipinski definition) is 8. The van der Waals surface area contributed by atoms with Crippen molar-refractivity contribution < 1.29 is 4.74 Å². The molecule has 1 aliphatic rings. The van der Waals surface area contributed by atoms with Crippen LogP contribution in [-0.4, -0.2) is 27.0 Å². The van der Waals surface area contributed by atoms with E-state index in [1.165, 1.54) is 30.6 Å². The molecule has 1 fully saturated rings. The summed E-state index contributed by atoms with van der Waals surface area (Å²) in [5.74, 6) is 1.84. The molecule has 1 aliphatic carbocycles. The Kier molecular flexibility index (Phi) is 3.64. The standard InChI is InChI=1S/C17H15N5O2S2/c1-24-11-5-10-12(25-17(23)21-10)6-9(11)20-14-13-16(19-7-18-14)26-15(22-13)8-3-2-4-8/h5-8H,2-4H2,1H3,(H,21,23)(H,18,19,20). The molecule has 3 aromatic heterocycles. The Balaban J connectivity index is 1.59. The van der Waals surface area contributed by atoms with Gasteiger partial charge in [0.05, 0.1) is 28.0 Å². The SMILES string of the molecule is COc1cc2[nH]c(=O)sc2cc1Nc1ncnc2sc(C3CCC3)nc12. The van der Waals surface area contributed by atoms with Gasteiger partial charge in [-0.15, -0.1) is 0 Å². The van der Waals surface area contributed by atoms with Gasteiger partial charge in [-0.05, 0) is 18.9 Å². The summed E-state index contributed by atoms with van der Waals surface area (Å²) >= 11 is 2.81. The van der Waals surface area contributed by atoms with E-state index in [2.05, 4.69) is 20.3 Å². The maximum absolute atomic E-state index is 11.6. The van der Waals surface area contributed by atoms with Crippen LogP contribution in [0.1, 0.15) is 30.2 Å². The molecule has 0 radical (unpaired) electrons. The summed E-state index contributed by atoms with van der Waals surface area (Å²) in [6.07, 6.45) is 5.22. The number of fused-ring (bicyclic) bond motifs is 2. The molecule has 3 heterocycles. The fourth-order valence-corrected chi connectivity index (χ4v) is 4.90. The smallest absolute Gasteiger partial charge is 0.305 e. The van der Waals surface area contributed by atoms with Crippen LogP contribution in [0, 0.1) is 0 Å². The zero-order valence-corrected chi connectivity index (χ0v) is 15.5. The number of thiazole rings is 2. The highest BCUT2D eigenvalue weighted by molar-refractivity contribution is 7.18. The van der Waals surface area contributed by atoms with Gasteiger partial charge >= 0.3 is 4.87 Å². The number of rotatable bonds is 4. The molecule has 9 heteroatoms. The zero-order chi connectivity index (χ0) is 17.7. The predicted molar refractivity (Wildman–Crippen MR) is 104 cm³/mol. The molecule has 4 aromatic rings. The lowest BCUT2D eigenvalue weighted by molar-refractivity contribution is 0.417. The van der Waals surface area contributed by atoms with Crippen LogP contribution in [0.3, 0.4) is 0 Å². The fraction of sp³-hybridized carbons (Fsp3) is 0.294. The predicted octanol–water partition coefficient (Wildman–Crippen LogP) is 4.01. The molecule has 0 saturated heterocycles. The van der Waals surface area contributed by atoms with Crippen LogP contribution in [-0.2, 0) is 0 Å². The van der Waals surface area contributed by atoms with Crippen LogP contribution < -0.4 is 14.9 Å². The Morgan fingerprint density at radius 3 is 2.92 bits per heavy atom. The number of nitrogens with zero attached hydrogens (tertiary/aromatic N) is 3. The molecule has 0 amide bonds. The number of ether oxygens (including phenoxy) is 1. The van der Waals surface area contributed by atoms with Crippen molar-refractivity contribution in [3.8, 4) is 5.75 Å². The number of benzene rings is 1. The number of hydrogen-bond donors (Lipinski definition) is 2. The molecule has 26 heavy (non-hydrogen) atoms. The van der Waals surface area contributed by atoms with Crippen molar-refractivity contribution in [2.45, 2.75) is 25.2 Å². The van der Waals surface area contributed by atoms with E-state index in [0.717, 1.165) is 31.3 Å². The van der Waals surface area contributed by atoms with Crippen molar-refractivity contribution >= 4 is 54.7 Å². The first-order valence-corrected chi connectivity index (χ1v) is 9.94. The second-order valence-electron chi connectivity index (χ2n) is 6.24. The number of aromatic nitrogens is 4. The number of H-pyrrole nitrogens is 1. The summed E-state index contributed by atoms with van der Waals surface area (Å²) < 4.78 is 6.33. The first kappa shape index (κ1) is 15.7. The van der Waals surface area contributed by atoms with E-state index in [9.17, 15) is 4.79 Å². The van der Waals surface area contributed by atoms with Crippen molar-refractivity contribution in [1.29, 1.82) is 0 Å². The normalized spacial score (nSPS) is 14.7. The molecule has 0 atom stereocenters. The van der Waals surface area contributed by atoms with E-state index in [0.29, 0.717) is 17.5 Å². The quantitative estimate of drug-likeness (QED) is 0.551. The third-order valence-corrected chi connectivity index (χ3v) is 6.63. The van der Waals surface area contributed by atoms with Gasteiger partial charge in [-0.25, -0.2) is 15.0 Å². The molecule has 0 unspecified atom stereocenters. The van der Waals surface area contributed by atoms with Crippen LogP contribution in [0.4, 0.5) is 11.5 Å². The molecule has 7 nitrogen and oxygen atoms in total. The fourth-order valence-electron chi connectivity index (χ4n) is 3.06. The number of anilines is 2. The van der Waals surface area contributed by atoms with Gasteiger partial charge in [-0.1, -0.05) is 29.1 Å². The average Bonchev–Trinajstić information content (AvgIpc) is 3.15. The minimum atomic E-state index is -0.0896. The van der Waals surface area contributed by atoms with Crippen LogP contribution in [0.25, 0.3) is 20.6 Å². The molecule has 1 aromatic carbocycles. The Morgan fingerprint density at radius 1 is 1.27 bits per heavy atom. The highest BCUT2D eigenvalue weighted by Crippen LogP contribution is 2.41. The molecule has 5 rings (SSSR count). The lowest BCUT2D eigenvalue weighted by Gasteiger charge is -2.22. The summed E-state index contributed by atoms with van der Waals surface area (Å²) in [4.78, 5) is 28.7. The topological polar surface area (TPSA) is 92.8 Å². The Hall–Kier alpha value is -2.52. The highest BCUT2D eigenvalue weighted by atomic mass is 32.1. The van der Waals surface area contributed by atoms with E-state index in [1.54, 1.807) is 24.8 Å². The van der Waals surface area contributed by atoms with E-state index in [-0.39, 0.29) is 4.87 Å². The lowest BCUT2D eigenvalue weighted by atomic mass is 9.86. The molecule has 0 spiro atoms. The summed E-state index contributed by atoms with van der Waals surface area (Å²) in [5, 5.41) is 4.45. The molecule has 0 aliphatic heterocycles. The first-order chi connectivity index (χ1) is 12.7. The largest absolute Gasteiger partial charge is 0.494 e. The van der Waals surface area contributed by atoms with E-state index in [4.69, 9.17) is 9.72 Å². The molecular weight excluding hydrogens is 370 g/mol. The zero-order valence-electron chi connectivity index (χ0n) is 13.9.